The number of para-hydroxylation sites is 1. The molecule has 2 aromatic heterocycles. The Morgan fingerprint density at radius 3 is 2.44 bits per heavy atom. The molecule has 0 atom stereocenters. The van der Waals surface area contributed by atoms with Crippen molar-refractivity contribution in [2.24, 2.45) is 0 Å². The third-order valence-electron chi connectivity index (χ3n) is 5.55. The molecule has 0 unspecified atom stereocenters. The van der Waals surface area contributed by atoms with Crippen LogP contribution in [0.4, 0.5) is 5.00 Å². The Hall–Kier alpha value is -3.84. The lowest BCUT2D eigenvalue weighted by Crippen LogP contribution is -2.15. The number of rotatable bonds is 6. The molecule has 0 saturated carbocycles. The van der Waals surface area contributed by atoms with Crippen LogP contribution in [0.15, 0.2) is 54.6 Å². The van der Waals surface area contributed by atoms with Gasteiger partial charge in [-0.2, -0.15) is 0 Å². The number of nitrogens with one attached hydrogen (secondary N) is 1. The molecule has 0 radical (unpaired) electrons. The highest BCUT2D eigenvalue weighted by Gasteiger charge is 2.26. The van der Waals surface area contributed by atoms with Gasteiger partial charge in [0.25, 0.3) is 5.91 Å². The summed E-state index contributed by atoms with van der Waals surface area (Å²) in [5.41, 5.74) is 4.48. The van der Waals surface area contributed by atoms with Crippen LogP contribution in [0.2, 0.25) is 0 Å². The van der Waals surface area contributed by atoms with Crippen molar-refractivity contribution in [2.45, 2.75) is 27.7 Å². The van der Waals surface area contributed by atoms with Crippen LogP contribution in [0.5, 0.6) is 0 Å². The quantitative estimate of drug-likeness (QED) is 0.266. The van der Waals surface area contributed by atoms with Gasteiger partial charge < -0.3 is 10.1 Å². The lowest BCUT2D eigenvalue weighted by Gasteiger charge is -2.12. The van der Waals surface area contributed by atoms with E-state index in [4.69, 9.17) is 9.72 Å². The lowest BCUT2D eigenvalue weighted by atomic mass is 10.0. The van der Waals surface area contributed by atoms with Crippen LogP contribution < -0.4 is 5.32 Å². The number of ketones is 1. The Labute approximate surface area is 201 Å². The second-order valence-electron chi connectivity index (χ2n) is 7.88. The number of carbonyl (C=O) groups is 3. The first-order valence-corrected chi connectivity index (χ1v) is 11.7. The fourth-order valence-corrected chi connectivity index (χ4v) is 5.00. The molecule has 34 heavy (non-hydrogen) atoms. The molecule has 6 nitrogen and oxygen atoms in total. The first-order chi connectivity index (χ1) is 16.3. The number of benzene rings is 2. The second-order valence-corrected chi connectivity index (χ2v) is 8.90. The minimum absolute atomic E-state index is 0.176. The van der Waals surface area contributed by atoms with Crippen LogP contribution in [-0.4, -0.2) is 29.3 Å². The molecule has 7 heteroatoms. The van der Waals surface area contributed by atoms with Crippen molar-refractivity contribution < 1.29 is 19.1 Å². The summed E-state index contributed by atoms with van der Waals surface area (Å²) in [6.07, 6.45) is 0. The number of nitrogens with zero attached hydrogens (tertiary/aromatic N) is 1. The first kappa shape index (κ1) is 23.3. The van der Waals surface area contributed by atoms with Gasteiger partial charge in [-0.3, -0.25) is 9.59 Å². The summed E-state index contributed by atoms with van der Waals surface area (Å²) in [5, 5.41) is 3.85. The van der Waals surface area contributed by atoms with Gasteiger partial charge in [-0.15, -0.1) is 11.3 Å². The first-order valence-electron chi connectivity index (χ1n) is 10.9. The summed E-state index contributed by atoms with van der Waals surface area (Å²) < 4.78 is 5.19. The van der Waals surface area contributed by atoms with Gasteiger partial charge in [0.05, 0.1) is 33.8 Å². The third-order valence-corrected chi connectivity index (χ3v) is 6.86. The zero-order valence-corrected chi connectivity index (χ0v) is 20.2. The van der Waals surface area contributed by atoms with E-state index < -0.39 is 11.9 Å². The number of hydrogen-bond donors (Lipinski definition) is 1. The molecule has 0 fully saturated rings. The molecule has 4 rings (SSSR count). The van der Waals surface area contributed by atoms with E-state index in [-0.39, 0.29) is 18.0 Å². The van der Waals surface area contributed by atoms with Gasteiger partial charge in [0, 0.05) is 10.9 Å². The zero-order valence-electron chi connectivity index (χ0n) is 19.4. The summed E-state index contributed by atoms with van der Waals surface area (Å²) in [6, 6.07) is 17.0. The molecule has 0 aliphatic heterocycles. The van der Waals surface area contributed by atoms with Crippen molar-refractivity contribution in [1.82, 2.24) is 4.98 Å². The number of ether oxygens (including phenoxy) is 1. The van der Waals surface area contributed by atoms with E-state index in [1.807, 2.05) is 55.5 Å². The highest BCUT2D eigenvalue weighted by molar-refractivity contribution is 7.18. The number of esters is 1. The number of amides is 1. The van der Waals surface area contributed by atoms with Crippen LogP contribution in [0.1, 0.15) is 55.4 Å². The van der Waals surface area contributed by atoms with Gasteiger partial charge in [-0.1, -0.05) is 42.5 Å². The Kier molecular flexibility index (Phi) is 6.56. The molecule has 2 aromatic carbocycles. The highest BCUT2D eigenvalue weighted by atomic mass is 32.1. The molecule has 0 spiro atoms. The SMILES string of the molecule is CCOC(=O)c1c(NC(=O)c2cc(-c3ccccc3C)nc3ccccc23)sc(C(C)=O)c1C. The molecule has 0 saturated heterocycles. The van der Waals surface area contributed by atoms with Crippen molar-refractivity contribution in [3.63, 3.8) is 0 Å². The molecular weight excluding hydrogens is 448 g/mol. The smallest absolute Gasteiger partial charge is 0.341 e. The number of aromatic nitrogens is 1. The van der Waals surface area contributed by atoms with Crippen LogP contribution in [0, 0.1) is 13.8 Å². The van der Waals surface area contributed by atoms with Gasteiger partial charge in [0.15, 0.2) is 5.78 Å². The average Bonchev–Trinajstić information content (AvgIpc) is 3.14. The molecule has 0 aliphatic rings. The highest BCUT2D eigenvalue weighted by Crippen LogP contribution is 2.35. The minimum Gasteiger partial charge on any atom is -0.462 e. The van der Waals surface area contributed by atoms with Gasteiger partial charge in [0.1, 0.15) is 5.00 Å². The maximum absolute atomic E-state index is 13.6. The van der Waals surface area contributed by atoms with E-state index in [0.29, 0.717) is 37.6 Å². The van der Waals surface area contributed by atoms with Crippen LogP contribution in [0.25, 0.3) is 22.2 Å². The molecular formula is C27H24N2O4S. The van der Waals surface area contributed by atoms with Crippen molar-refractivity contribution in [1.29, 1.82) is 0 Å². The van der Waals surface area contributed by atoms with E-state index in [1.165, 1.54) is 6.92 Å². The monoisotopic (exact) mass is 472 g/mol. The largest absolute Gasteiger partial charge is 0.462 e. The van der Waals surface area contributed by atoms with Gasteiger partial charge in [0.2, 0.25) is 0 Å². The molecule has 2 heterocycles. The molecule has 4 aromatic rings. The average molecular weight is 473 g/mol. The van der Waals surface area contributed by atoms with Crippen molar-refractivity contribution in [2.75, 3.05) is 11.9 Å². The summed E-state index contributed by atoms with van der Waals surface area (Å²) in [7, 11) is 0. The number of anilines is 1. The second kappa shape index (κ2) is 9.57. The third kappa shape index (κ3) is 4.34. The summed E-state index contributed by atoms with van der Waals surface area (Å²) in [5.74, 6) is -1.14. The van der Waals surface area contributed by atoms with Gasteiger partial charge >= 0.3 is 5.97 Å². The van der Waals surface area contributed by atoms with Crippen LogP contribution >= 0.6 is 11.3 Å². The van der Waals surface area contributed by atoms with E-state index in [9.17, 15) is 14.4 Å². The number of fused-ring (bicyclic) bond motifs is 1. The molecule has 0 bridgehead atoms. The van der Waals surface area contributed by atoms with E-state index >= 15 is 0 Å². The zero-order chi connectivity index (χ0) is 24.4. The maximum atomic E-state index is 13.6. The Morgan fingerprint density at radius 1 is 1.03 bits per heavy atom. The fourth-order valence-electron chi connectivity index (χ4n) is 3.92. The summed E-state index contributed by atoms with van der Waals surface area (Å²) >= 11 is 1.08. The normalized spacial score (nSPS) is 10.8. The van der Waals surface area contributed by atoms with E-state index in [0.717, 1.165) is 22.5 Å². The van der Waals surface area contributed by atoms with Gasteiger partial charge in [-0.05, 0) is 51.0 Å². The van der Waals surface area contributed by atoms with Crippen LogP contribution in [-0.2, 0) is 4.74 Å². The topological polar surface area (TPSA) is 85.4 Å². The Bertz CT molecular complexity index is 1440. The maximum Gasteiger partial charge on any atom is 0.341 e. The number of thiophene rings is 1. The standard InChI is InChI=1S/C27H24N2O4S/c1-5-33-27(32)23-16(3)24(17(4)30)34-26(23)29-25(31)20-14-22(18-11-7-6-10-15(18)2)28-21-13-9-8-12-19(20)21/h6-14H,5H2,1-4H3,(H,29,31). The predicted octanol–water partition coefficient (Wildman–Crippen LogP) is 6.21. The number of aryl methyl sites for hydroxylation is 1. The minimum atomic E-state index is -0.570. The fraction of sp³-hybridized carbons (Fsp3) is 0.185. The Balaban J connectivity index is 1.83. The van der Waals surface area contributed by atoms with Crippen LogP contribution in [0.3, 0.4) is 0 Å². The summed E-state index contributed by atoms with van der Waals surface area (Å²) in [4.78, 5) is 43.5. The predicted molar refractivity (Wildman–Crippen MR) is 135 cm³/mol. The number of Topliss-reactive ketones (excluding diaryl/α,β-unsaturated/α-hetero) is 1. The molecule has 172 valence electrons. The summed E-state index contributed by atoms with van der Waals surface area (Å²) in [6.45, 7) is 7.01. The molecule has 0 aliphatic carbocycles. The van der Waals surface area contributed by atoms with E-state index in [1.54, 1.807) is 19.9 Å². The lowest BCUT2D eigenvalue weighted by molar-refractivity contribution is 0.0527. The molecule has 1 amide bonds. The Morgan fingerprint density at radius 2 is 1.74 bits per heavy atom. The number of pyridine rings is 1. The van der Waals surface area contributed by atoms with Crippen molar-refractivity contribution >= 4 is 44.9 Å². The van der Waals surface area contributed by atoms with Crippen molar-refractivity contribution in [3.8, 4) is 11.3 Å². The number of carbonyl (C=O) groups excluding carboxylic acids is 3. The van der Waals surface area contributed by atoms with Crippen molar-refractivity contribution in [3.05, 3.63) is 81.7 Å². The van der Waals surface area contributed by atoms with Gasteiger partial charge in [-0.25, -0.2) is 9.78 Å². The number of hydrogen-bond acceptors (Lipinski definition) is 6. The van der Waals surface area contributed by atoms with E-state index in [2.05, 4.69) is 5.32 Å². The molecule has 1 N–H and O–H groups in total.